The largest absolute Gasteiger partial charge is 0.480 e. The van der Waals surface area contributed by atoms with E-state index in [0.717, 1.165) is 21.8 Å². The van der Waals surface area contributed by atoms with Crippen LogP contribution in [0.5, 0.6) is 0 Å². The molecule has 1 aliphatic rings. The lowest BCUT2D eigenvalue weighted by Crippen LogP contribution is -2.42. The lowest BCUT2D eigenvalue weighted by Gasteiger charge is -2.23. The van der Waals surface area contributed by atoms with Crippen molar-refractivity contribution in [2.45, 2.75) is 37.5 Å². The summed E-state index contributed by atoms with van der Waals surface area (Å²) in [5.74, 6) is -1.70. The van der Waals surface area contributed by atoms with Crippen LogP contribution in [0.15, 0.2) is 30.3 Å². The Labute approximate surface area is 164 Å². The summed E-state index contributed by atoms with van der Waals surface area (Å²) < 4.78 is 0.962. The smallest absolute Gasteiger partial charge is 0.326 e. The number of carbonyl (C=O) groups is 4. The van der Waals surface area contributed by atoms with Gasteiger partial charge in [-0.3, -0.25) is 14.4 Å². The first-order valence-corrected chi connectivity index (χ1v) is 10.3. The Morgan fingerprint density at radius 3 is 2.70 bits per heavy atom. The average molecular weight is 405 g/mol. The molecule has 3 rings (SSSR count). The second kappa shape index (κ2) is 8.22. The highest BCUT2D eigenvalue weighted by Gasteiger charge is 2.36. The molecule has 1 saturated heterocycles. The Bertz CT molecular complexity index is 873. The second-order valence-corrected chi connectivity index (χ2v) is 8.86. The number of carboxylic acids is 1. The maximum Gasteiger partial charge on any atom is 0.326 e. The average Bonchev–Trinajstić information content (AvgIpc) is 3.26. The van der Waals surface area contributed by atoms with Crippen molar-refractivity contribution in [2.24, 2.45) is 0 Å². The van der Waals surface area contributed by atoms with Gasteiger partial charge in [0.25, 0.3) is 0 Å². The molecule has 0 bridgehead atoms. The van der Waals surface area contributed by atoms with E-state index in [1.807, 2.05) is 24.3 Å². The van der Waals surface area contributed by atoms with Gasteiger partial charge in [0.05, 0.1) is 10.1 Å². The molecule has 2 atom stereocenters. The van der Waals surface area contributed by atoms with E-state index in [2.05, 4.69) is 0 Å². The minimum absolute atomic E-state index is 0.179. The van der Waals surface area contributed by atoms with Crippen LogP contribution in [-0.4, -0.2) is 50.6 Å². The molecule has 1 amide bonds. The minimum atomic E-state index is -1.03. The summed E-state index contributed by atoms with van der Waals surface area (Å²) >= 11 is 2.16. The number of amides is 1. The van der Waals surface area contributed by atoms with Crippen LogP contribution in [0.1, 0.15) is 35.9 Å². The number of ketones is 1. The van der Waals surface area contributed by atoms with Gasteiger partial charge in [0.15, 0.2) is 10.9 Å². The summed E-state index contributed by atoms with van der Waals surface area (Å²) in [5.41, 5.74) is 0. The van der Waals surface area contributed by atoms with Crippen molar-refractivity contribution in [1.29, 1.82) is 0 Å². The molecule has 0 saturated carbocycles. The van der Waals surface area contributed by atoms with Crippen LogP contribution in [-0.2, 0) is 14.4 Å². The Kier molecular flexibility index (Phi) is 5.96. The molecule has 1 fully saturated rings. The summed E-state index contributed by atoms with van der Waals surface area (Å²) in [6.07, 6.45) is 0.856. The van der Waals surface area contributed by atoms with E-state index in [1.54, 1.807) is 6.07 Å². The molecule has 2 heterocycles. The lowest BCUT2D eigenvalue weighted by atomic mass is 10.1. The summed E-state index contributed by atoms with van der Waals surface area (Å²) in [5, 5.41) is 9.10. The lowest BCUT2D eigenvalue weighted by molar-refractivity contribution is -0.148. The van der Waals surface area contributed by atoms with Crippen molar-refractivity contribution < 1.29 is 24.3 Å². The number of carboxylic acid groups (broad SMARTS) is 1. The van der Waals surface area contributed by atoms with Gasteiger partial charge in [-0.05, 0) is 30.4 Å². The van der Waals surface area contributed by atoms with Crippen molar-refractivity contribution in [1.82, 2.24) is 4.90 Å². The summed E-state index contributed by atoms with van der Waals surface area (Å²) in [7, 11) is 0. The van der Waals surface area contributed by atoms with Gasteiger partial charge in [-0.1, -0.05) is 30.0 Å². The number of hydrogen-bond donors (Lipinski definition) is 1. The van der Waals surface area contributed by atoms with Crippen molar-refractivity contribution >= 4 is 56.0 Å². The number of rotatable bonds is 6. The van der Waals surface area contributed by atoms with E-state index in [4.69, 9.17) is 0 Å². The number of thioether (sulfide) groups is 1. The molecule has 142 valence electrons. The number of hydrogen-bond acceptors (Lipinski definition) is 6. The maximum atomic E-state index is 13.0. The molecule has 2 aromatic rings. The summed E-state index contributed by atoms with van der Waals surface area (Å²) in [6, 6.07) is 8.52. The zero-order chi connectivity index (χ0) is 19.6. The van der Waals surface area contributed by atoms with Crippen LogP contribution in [0.25, 0.3) is 10.1 Å². The third kappa shape index (κ3) is 4.39. The Balaban J connectivity index is 1.80. The molecule has 1 aromatic carbocycles. The van der Waals surface area contributed by atoms with Crippen molar-refractivity contribution in [3.63, 3.8) is 0 Å². The van der Waals surface area contributed by atoms with E-state index >= 15 is 0 Å². The van der Waals surface area contributed by atoms with E-state index in [9.17, 15) is 24.3 Å². The first-order chi connectivity index (χ1) is 12.9. The first-order valence-electron chi connectivity index (χ1n) is 8.59. The number of benzene rings is 1. The third-order valence-corrected chi connectivity index (χ3v) is 6.62. The number of thiophene rings is 1. The highest BCUT2D eigenvalue weighted by atomic mass is 32.2. The predicted octanol–water partition coefficient (Wildman–Crippen LogP) is 3.20. The summed E-state index contributed by atoms with van der Waals surface area (Å²) in [6.45, 7) is 1.72. The highest BCUT2D eigenvalue weighted by molar-refractivity contribution is 8.14. The Morgan fingerprint density at radius 2 is 2.04 bits per heavy atom. The van der Waals surface area contributed by atoms with Crippen molar-refractivity contribution in [2.75, 3.05) is 6.54 Å². The monoisotopic (exact) mass is 405 g/mol. The number of carbonyl (C=O) groups excluding carboxylic acids is 3. The SMILES string of the molecule is CC(=O)SC(CC(=O)N1CCC[C@H]1C(=O)O)C(=O)c1cc2ccccc2s1. The van der Waals surface area contributed by atoms with Gasteiger partial charge in [-0.25, -0.2) is 4.79 Å². The van der Waals surface area contributed by atoms with Crippen LogP contribution in [0.4, 0.5) is 0 Å². The zero-order valence-corrected chi connectivity index (χ0v) is 16.3. The van der Waals surface area contributed by atoms with Crippen molar-refractivity contribution in [3.8, 4) is 0 Å². The molecule has 8 heteroatoms. The molecule has 1 aromatic heterocycles. The van der Waals surface area contributed by atoms with Gasteiger partial charge in [0, 0.05) is 24.6 Å². The van der Waals surface area contributed by atoms with Gasteiger partial charge in [-0.2, -0.15) is 0 Å². The van der Waals surface area contributed by atoms with E-state index in [-0.39, 0.29) is 17.3 Å². The molecule has 27 heavy (non-hydrogen) atoms. The fraction of sp³-hybridized carbons (Fsp3) is 0.368. The van der Waals surface area contributed by atoms with Crippen LogP contribution in [0.3, 0.4) is 0 Å². The van der Waals surface area contributed by atoms with Gasteiger partial charge in [0.1, 0.15) is 6.04 Å². The molecule has 1 N–H and O–H groups in total. The fourth-order valence-corrected chi connectivity index (χ4v) is 5.24. The molecule has 0 radical (unpaired) electrons. The van der Waals surface area contributed by atoms with Crippen LogP contribution < -0.4 is 0 Å². The molecule has 0 aliphatic carbocycles. The zero-order valence-electron chi connectivity index (χ0n) is 14.7. The fourth-order valence-electron chi connectivity index (χ4n) is 3.25. The molecular weight excluding hydrogens is 386 g/mol. The summed E-state index contributed by atoms with van der Waals surface area (Å²) in [4.78, 5) is 50.4. The standard InChI is InChI=1S/C19H19NO5S2/c1-11(21)26-16(10-17(22)20-8-4-6-13(20)19(24)25)18(23)15-9-12-5-2-3-7-14(12)27-15/h2-3,5,7,9,13,16H,4,6,8,10H2,1H3,(H,24,25)/t13-,16?/m0/s1. The number of nitrogens with zero attached hydrogens (tertiary/aromatic N) is 1. The Morgan fingerprint density at radius 1 is 1.30 bits per heavy atom. The minimum Gasteiger partial charge on any atom is -0.480 e. The molecule has 1 aliphatic heterocycles. The molecule has 1 unspecified atom stereocenters. The van der Waals surface area contributed by atoms with Crippen LogP contribution in [0.2, 0.25) is 0 Å². The van der Waals surface area contributed by atoms with E-state index < -0.39 is 23.2 Å². The van der Waals surface area contributed by atoms with Crippen LogP contribution in [0, 0.1) is 0 Å². The highest BCUT2D eigenvalue weighted by Crippen LogP contribution is 2.30. The first kappa shape index (κ1) is 19.6. The van der Waals surface area contributed by atoms with Gasteiger partial charge >= 0.3 is 5.97 Å². The van der Waals surface area contributed by atoms with E-state index in [0.29, 0.717) is 24.3 Å². The number of fused-ring (bicyclic) bond motifs is 1. The molecule has 6 nitrogen and oxygen atoms in total. The van der Waals surface area contributed by atoms with Crippen LogP contribution >= 0.6 is 23.1 Å². The Hall–Kier alpha value is -2.19. The van der Waals surface area contributed by atoms with E-state index in [1.165, 1.54) is 23.2 Å². The van der Waals surface area contributed by atoms with Gasteiger partial charge in [-0.15, -0.1) is 11.3 Å². The van der Waals surface area contributed by atoms with Gasteiger partial charge < -0.3 is 10.0 Å². The number of Topliss-reactive ketones (excluding diaryl/α,β-unsaturated/α-hetero) is 1. The molecular formula is C19H19NO5S2. The normalized spacial score (nSPS) is 17.8. The van der Waals surface area contributed by atoms with Gasteiger partial charge in [0.2, 0.25) is 5.91 Å². The molecule has 0 spiro atoms. The number of likely N-dealkylation sites (tertiary alicyclic amines) is 1. The second-order valence-electron chi connectivity index (χ2n) is 6.40. The van der Waals surface area contributed by atoms with Crippen molar-refractivity contribution in [3.05, 3.63) is 35.2 Å². The quantitative estimate of drug-likeness (QED) is 0.742. The topological polar surface area (TPSA) is 91.8 Å². The third-order valence-electron chi connectivity index (χ3n) is 4.49. The predicted molar refractivity (Wildman–Crippen MR) is 105 cm³/mol. The number of aliphatic carboxylic acids is 1. The maximum absolute atomic E-state index is 13.0.